The van der Waals surface area contributed by atoms with E-state index in [4.69, 9.17) is 9.47 Å². The van der Waals surface area contributed by atoms with E-state index in [9.17, 15) is 29.1 Å². The molecule has 2 atom stereocenters. The normalized spacial score (nSPS) is 17.0. The van der Waals surface area contributed by atoms with E-state index >= 15 is 0 Å². The van der Waals surface area contributed by atoms with Crippen molar-refractivity contribution in [1.82, 2.24) is 45.6 Å². The predicted octanol–water partition coefficient (Wildman–Crippen LogP) is 0.624. The highest BCUT2D eigenvalue weighted by Crippen LogP contribution is 2.27. The van der Waals surface area contributed by atoms with Gasteiger partial charge in [0.05, 0.1) is 12.1 Å². The van der Waals surface area contributed by atoms with Crippen molar-refractivity contribution in [1.29, 1.82) is 0 Å². The first-order valence-corrected chi connectivity index (χ1v) is 15.5. The van der Waals surface area contributed by atoms with E-state index in [1.165, 1.54) is 15.9 Å². The summed E-state index contributed by atoms with van der Waals surface area (Å²) in [6.45, 7) is 3.11. The van der Waals surface area contributed by atoms with Crippen LogP contribution < -0.4 is 10.1 Å². The maximum absolute atomic E-state index is 13.5. The summed E-state index contributed by atoms with van der Waals surface area (Å²) in [7, 11) is 0. The minimum Gasteiger partial charge on any atom is -0.483 e. The number of piperazine rings is 1. The topological polar surface area (TPSA) is 213 Å². The number of benzene rings is 1. The van der Waals surface area contributed by atoms with E-state index in [0.29, 0.717) is 29.7 Å². The number of likely N-dealkylation sites (tertiary alicyclic amines) is 1. The molecule has 47 heavy (non-hydrogen) atoms. The lowest BCUT2D eigenvalue weighted by atomic mass is 10.1. The van der Waals surface area contributed by atoms with Crippen LogP contribution in [0, 0.1) is 0 Å². The molecule has 5 rings (SSSR count). The van der Waals surface area contributed by atoms with Crippen LogP contribution in [0.3, 0.4) is 0 Å². The van der Waals surface area contributed by atoms with Crippen LogP contribution >= 0.6 is 0 Å². The van der Waals surface area contributed by atoms with Crippen LogP contribution in [0.1, 0.15) is 48.9 Å². The van der Waals surface area contributed by atoms with Gasteiger partial charge in [0.1, 0.15) is 17.5 Å². The number of carbonyl (C=O) groups excluding carboxylic acids is 4. The maximum Gasteiger partial charge on any atom is 0.409 e. The number of para-hydroxylation sites is 1. The fourth-order valence-corrected chi connectivity index (χ4v) is 5.77. The Bertz CT molecular complexity index is 1590. The van der Waals surface area contributed by atoms with Crippen molar-refractivity contribution in [2.75, 3.05) is 45.9 Å². The number of hydrogen-bond donors (Lipinski definition) is 3. The van der Waals surface area contributed by atoms with Crippen molar-refractivity contribution >= 4 is 40.7 Å². The lowest BCUT2D eigenvalue weighted by Crippen LogP contribution is -2.56. The molecule has 2 saturated heterocycles. The molecule has 1 aromatic carbocycles. The molecule has 0 saturated carbocycles. The van der Waals surface area contributed by atoms with Crippen molar-refractivity contribution in [3.63, 3.8) is 0 Å². The molecule has 0 spiro atoms. The number of aromatic nitrogens is 5. The number of rotatable bonds is 12. The van der Waals surface area contributed by atoms with Crippen LogP contribution in [0.25, 0.3) is 10.9 Å². The molecular formula is C30H37N9O8. The van der Waals surface area contributed by atoms with Gasteiger partial charge in [-0.25, -0.2) is 14.9 Å². The number of aromatic amines is 1. The van der Waals surface area contributed by atoms with Gasteiger partial charge >= 0.3 is 12.1 Å². The minimum absolute atomic E-state index is 0.0664. The summed E-state index contributed by atoms with van der Waals surface area (Å²) in [5, 5.41) is 26.4. The van der Waals surface area contributed by atoms with E-state index < -0.39 is 29.9 Å². The Morgan fingerprint density at radius 3 is 2.57 bits per heavy atom. The zero-order valence-electron chi connectivity index (χ0n) is 26.0. The first-order chi connectivity index (χ1) is 22.7. The van der Waals surface area contributed by atoms with Crippen molar-refractivity contribution < 1.29 is 38.6 Å². The summed E-state index contributed by atoms with van der Waals surface area (Å²) in [5.41, 5.74) is 0.367. The van der Waals surface area contributed by atoms with E-state index in [0.717, 1.165) is 12.8 Å². The average molecular weight is 652 g/mol. The predicted molar refractivity (Wildman–Crippen MR) is 163 cm³/mol. The second-order valence-corrected chi connectivity index (χ2v) is 11.2. The van der Waals surface area contributed by atoms with Gasteiger partial charge < -0.3 is 34.6 Å². The number of tetrazole rings is 1. The molecule has 2 aliphatic heterocycles. The van der Waals surface area contributed by atoms with Crippen LogP contribution in [0.2, 0.25) is 0 Å². The van der Waals surface area contributed by atoms with Crippen LogP contribution in [0.5, 0.6) is 5.75 Å². The van der Waals surface area contributed by atoms with Gasteiger partial charge in [0.15, 0.2) is 12.4 Å². The second kappa shape index (κ2) is 15.3. The van der Waals surface area contributed by atoms with Crippen molar-refractivity contribution in [2.24, 2.45) is 0 Å². The third-order valence-corrected chi connectivity index (χ3v) is 8.15. The quantitative estimate of drug-likeness (QED) is 0.246. The fraction of sp³-hybridized carbons (Fsp3) is 0.500. The summed E-state index contributed by atoms with van der Waals surface area (Å²) in [4.78, 5) is 72.8. The molecule has 0 aliphatic carbocycles. The molecule has 4 heterocycles. The van der Waals surface area contributed by atoms with Gasteiger partial charge in [0, 0.05) is 63.1 Å². The monoisotopic (exact) mass is 651 g/mol. The van der Waals surface area contributed by atoms with Gasteiger partial charge in [-0.05, 0) is 48.7 Å². The molecule has 17 heteroatoms. The molecule has 2 fully saturated rings. The molecule has 2 aromatic heterocycles. The van der Waals surface area contributed by atoms with Crippen molar-refractivity contribution in [2.45, 2.75) is 51.1 Å². The Balaban J connectivity index is 1.28. The third kappa shape index (κ3) is 8.28. The zero-order valence-corrected chi connectivity index (χ0v) is 26.0. The van der Waals surface area contributed by atoms with Crippen LogP contribution in [0.4, 0.5) is 4.79 Å². The summed E-state index contributed by atoms with van der Waals surface area (Å²) in [6.07, 6.45) is 1.16. The van der Waals surface area contributed by atoms with Crippen LogP contribution in [0.15, 0.2) is 30.3 Å². The molecule has 17 nitrogen and oxygen atoms in total. The molecule has 2 aliphatic rings. The molecule has 250 valence electrons. The molecule has 2 unspecified atom stereocenters. The van der Waals surface area contributed by atoms with E-state index in [1.54, 1.807) is 36.1 Å². The van der Waals surface area contributed by atoms with Gasteiger partial charge in [-0.15, -0.1) is 5.10 Å². The van der Waals surface area contributed by atoms with Gasteiger partial charge in [-0.1, -0.05) is 12.1 Å². The third-order valence-electron chi connectivity index (χ3n) is 8.15. The van der Waals surface area contributed by atoms with Crippen LogP contribution in [-0.2, 0) is 25.5 Å². The largest absolute Gasteiger partial charge is 0.483 e. The van der Waals surface area contributed by atoms with E-state index in [2.05, 4.69) is 30.9 Å². The van der Waals surface area contributed by atoms with E-state index in [1.807, 2.05) is 0 Å². The Labute approximate surface area is 269 Å². The number of carbonyl (C=O) groups is 5. The van der Waals surface area contributed by atoms with Crippen LogP contribution in [-0.4, -0.2) is 133 Å². The first kappa shape index (κ1) is 33.0. The number of hydrogen-bond acceptors (Lipinski definition) is 11. The lowest BCUT2D eigenvalue weighted by molar-refractivity contribution is -0.138. The van der Waals surface area contributed by atoms with E-state index in [-0.39, 0.29) is 75.6 Å². The smallest absolute Gasteiger partial charge is 0.409 e. The zero-order chi connectivity index (χ0) is 33.3. The fourth-order valence-electron chi connectivity index (χ4n) is 5.77. The van der Waals surface area contributed by atoms with Crippen molar-refractivity contribution in [3.05, 3.63) is 41.9 Å². The Kier molecular flexibility index (Phi) is 10.7. The second-order valence-electron chi connectivity index (χ2n) is 11.2. The number of nitrogens with one attached hydrogen (secondary N) is 2. The number of fused-ring (bicyclic) bond motifs is 1. The molecule has 3 aromatic rings. The van der Waals surface area contributed by atoms with Gasteiger partial charge in [0.2, 0.25) is 5.91 Å². The lowest BCUT2D eigenvalue weighted by Gasteiger charge is -2.35. The first-order valence-electron chi connectivity index (χ1n) is 15.5. The summed E-state index contributed by atoms with van der Waals surface area (Å²) in [6, 6.07) is 7.15. The molecule has 0 bridgehead atoms. The molecule has 4 amide bonds. The van der Waals surface area contributed by atoms with Gasteiger partial charge in [-0.3, -0.25) is 19.2 Å². The Morgan fingerprint density at radius 2 is 1.85 bits per heavy atom. The number of aliphatic carboxylic acids is 1. The SMILES string of the molecule is CCOC(=O)N1CCN(C(=O)C(CCC(=O)O)NC(=O)c2cc(OCC(=O)N3CCCC3Cc3nnn[nH]3)c3ccccc3n2)CC1. The average Bonchev–Trinajstić information content (AvgIpc) is 3.77. The summed E-state index contributed by atoms with van der Waals surface area (Å²) < 4.78 is 11.0. The summed E-state index contributed by atoms with van der Waals surface area (Å²) in [5.74, 6) is -1.67. The van der Waals surface area contributed by atoms with Crippen molar-refractivity contribution in [3.8, 4) is 5.75 Å². The number of carboxylic acids is 1. The molecular weight excluding hydrogens is 614 g/mol. The Hall–Kier alpha value is -5.35. The highest BCUT2D eigenvalue weighted by molar-refractivity contribution is 5.99. The molecule has 3 N–H and O–H groups in total. The van der Waals surface area contributed by atoms with Gasteiger partial charge in [-0.2, -0.15) is 0 Å². The van der Waals surface area contributed by atoms with Gasteiger partial charge in [0.25, 0.3) is 11.8 Å². The number of nitrogens with zero attached hydrogens (tertiary/aromatic N) is 7. The highest BCUT2D eigenvalue weighted by Gasteiger charge is 2.32. The number of ether oxygens (including phenoxy) is 2. The molecule has 0 radical (unpaired) electrons. The highest BCUT2D eigenvalue weighted by atomic mass is 16.6. The Morgan fingerprint density at radius 1 is 1.09 bits per heavy atom. The number of pyridine rings is 1. The maximum atomic E-state index is 13.5. The summed E-state index contributed by atoms with van der Waals surface area (Å²) >= 11 is 0. The number of H-pyrrole nitrogens is 1. The standard InChI is InChI=1S/C30H37N9O8/c1-2-46-30(45)38-14-12-37(13-15-38)29(44)22(9-10-27(41)42)32-28(43)23-17-24(20-7-3-4-8-21(20)31-23)47-18-26(40)39-11-5-6-19(39)16-25-33-35-36-34-25/h3-4,7-8,17,19,22H,2,5-6,9-16,18H2,1H3,(H,32,43)(H,41,42)(H,33,34,35,36). The number of carboxylic acid groups (broad SMARTS) is 1. The number of amides is 4. The minimum atomic E-state index is -1.15.